The number of para-hydroxylation sites is 1. The number of ether oxygens (including phenoxy) is 1. The van der Waals surface area contributed by atoms with Crippen molar-refractivity contribution in [3.05, 3.63) is 23.8 Å². The van der Waals surface area contributed by atoms with Crippen LogP contribution in [0.3, 0.4) is 0 Å². The molecule has 1 aromatic carbocycles. The van der Waals surface area contributed by atoms with E-state index in [-0.39, 0.29) is 24.8 Å². The van der Waals surface area contributed by atoms with Crippen molar-refractivity contribution in [3.63, 3.8) is 0 Å². The molecule has 1 N–H and O–H groups in total. The molecule has 0 aromatic heterocycles. The molecule has 0 aliphatic carbocycles. The molecule has 1 aliphatic heterocycles. The Hall–Kier alpha value is -2.04. The minimum Gasteiger partial charge on any atom is -0.481 e. The molecule has 0 bridgehead atoms. The topological polar surface area (TPSA) is 66.8 Å². The van der Waals surface area contributed by atoms with Crippen molar-refractivity contribution in [3.8, 4) is 5.75 Å². The summed E-state index contributed by atoms with van der Waals surface area (Å²) in [7, 11) is 0. The number of hydrogen-bond donors (Lipinski definition) is 1. The lowest BCUT2D eigenvalue weighted by Crippen LogP contribution is -2.49. The maximum atomic E-state index is 12.5. The molecule has 1 heterocycles. The van der Waals surface area contributed by atoms with Crippen molar-refractivity contribution < 1.29 is 19.4 Å². The van der Waals surface area contributed by atoms with Gasteiger partial charge in [-0.25, -0.2) is 0 Å². The number of rotatable bonds is 4. The summed E-state index contributed by atoms with van der Waals surface area (Å²) in [5.74, 6) is -0.377. The van der Waals surface area contributed by atoms with Crippen LogP contribution >= 0.6 is 0 Å². The van der Waals surface area contributed by atoms with Crippen LogP contribution in [-0.2, 0) is 9.59 Å². The molecule has 1 aliphatic rings. The molecule has 1 unspecified atom stereocenters. The van der Waals surface area contributed by atoms with E-state index >= 15 is 0 Å². The second-order valence-electron chi connectivity index (χ2n) is 5.34. The van der Waals surface area contributed by atoms with E-state index in [1.165, 1.54) is 4.90 Å². The molecule has 1 aromatic rings. The minimum absolute atomic E-state index is 0.0302. The Labute approximate surface area is 118 Å². The molecule has 1 atom stereocenters. The van der Waals surface area contributed by atoms with Gasteiger partial charge in [-0.2, -0.15) is 0 Å². The number of carbonyl (C=O) groups excluding carboxylic acids is 1. The average Bonchev–Trinajstić information content (AvgIpc) is 2.37. The first-order chi connectivity index (χ1) is 9.41. The molecular formula is C15H19NO4. The summed E-state index contributed by atoms with van der Waals surface area (Å²) in [6.07, 6.45) is -0.637. The molecule has 5 nitrogen and oxygen atoms in total. The van der Waals surface area contributed by atoms with E-state index in [0.29, 0.717) is 11.4 Å². The van der Waals surface area contributed by atoms with Crippen LogP contribution in [0.2, 0.25) is 0 Å². The van der Waals surface area contributed by atoms with Crippen molar-refractivity contribution in [2.24, 2.45) is 5.92 Å². The number of carboxylic acid groups (broad SMARTS) is 1. The molecule has 108 valence electrons. The largest absolute Gasteiger partial charge is 0.481 e. The van der Waals surface area contributed by atoms with Crippen LogP contribution < -0.4 is 9.64 Å². The maximum absolute atomic E-state index is 12.5. The molecule has 0 fully saturated rings. The number of amides is 1. The number of anilines is 1. The van der Waals surface area contributed by atoms with Gasteiger partial charge in [-0.3, -0.25) is 9.59 Å². The van der Waals surface area contributed by atoms with Gasteiger partial charge in [-0.15, -0.1) is 0 Å². The van der Waals surface area contributed by atoms with Gasteiger partial charge in [0.1, 0.15) is 5.75 Å². The zero-order valence-electron chi connectivity index (χ0n) is 11.9. The second kappa shape index (κ2) is 5.53. The predicted octanol–water partition coefficient (Wildman–Crippen LogP) is 2.22. The third kappa shape index (κ3) is 2.61. The Morgan fingerprint density at radius 3 is 2.75 bits per heavy atom. The van der Waals surface area contributed by atoms with E-state index in [0.717, 1.165) is 5.56 Å². The van der Waals surface area contributed by atoms with Crippen molar-refractivity contribution >= 4 is 17.6 Å². The van der Waals surface area contributed by atoms with Gasteiger partial charge < -0.3 is 14.7 Å². The Balaban J connectivity index is 2.40. The van der Waals surface area contributed by atoms with Gasteiger partial charge in [0, 0.05) is 6.54 Å². The third-order valence-corrected chi connectivity index (χ3v) is 3.39. The summed E-state index contributed by atoms with van der Waals surface area (Å²) < 4.78 is 5.83. The van der Waals surface area contributed by atoms with E-state index in [1.54, 1.807) is 6.07 Å². The summed E-state index contributed by atoms with van der Waals surface area (Å²) in [5.41, 5.74) is 1.61. The SMILES string of the molecule is Cc1cccc2c1OC(C(C)C)C(=O)N2CCC(=O)O. The molecule has 0 radical (unpaired) electrons. The van der Waals surface area contributed by atoms with E-state index in [1.807, 2.05) is 32.9 Å². The molecule has 2 rings (SSSR count). The zero-order valence-corrected chi connectivity index (χ0v) is 11.9. The van der Waals surface area contributed by atoms with Crippen LogP contribution in [0, 0.1) is 12.8 Å². The van der Waals surface area contributed by atoms with Crippen LogP contribution in [0.4, 0.5) is 5.69 Å². The van der Waals surface area contributed by atoms with Crippen molar-refractivity contribution in [1.82, 2.24) is 0 Å². The van der Waals surface area contributed by atoms with Gasteiger partial charge in [0.05, 0.1) is 12.1 Å². The fourth-order valence-corrected chi connectivity index (χ4v) is 2.31. The Morgan fingerprint density at radius 2 is 2.15 bits per heavy atom. The lowest BCUT2D eigenvalue weighted by molar-refractivity contribution is -0.136. The number of aryl methyl sites for hydroxylation is 1. The number of aliphatic carboxylic acids is 1. The van der Waals surface area contributed by atoms with Crippen molar-refractivity contribution in [2.45, 2.75) is 33.3 Å². The highest BCUT2D eigenvalue weighted by Gasteiger charge is 2.36. The molecule has 0 spiro atoms. The number of nitrogens with zero attached hydrogens (tertiary/aromatic N) is 1. The van der Waals surface area contributed by atoms with E-state index in [9.17, 15) is 9.59 Å². The first-order valence-electron chi connectivity index (χ1n) is 6.71. The first kappa shape index (κ1) is 14.4. The molecule has 0 saturated heterocycles. The summed E-state index contributed by atoms with van der Waals surface area (Å²) in [5, 5.41) is 8.84. The first-order valence-corrected chi connectivity index (χ1v) is 6.71. The average molecular weight is 277 g/mol. The number of hydrogen-bond acceptors (Lipinski definition) is 3. The smallest absolute Gasteiger partial charge is 0.305 e. The van der Waals surface area contributed by atoms with Crippen LogP contribution in [0.15, 0.2) is 18.2 Å². The van der Waals surface area contributed by atoms with Crippen molar-refractivity contribution in [1.29, 1.82) is 0 Å². The minimum atomic E-state index is -0.917. The Bertz CT molecular complexity index is 539. The summed E-state index contributed by atoms with van der Waals surface area (Å²) in [6.45, 7) is 5.92. The van der Waals surface area contributed by atoms with Crippen LogP contribution in [0.25, 0.3) is 0 Å². The van der Waals surface area contributed by atoms with Gasteiger partial charge in [0.15, 0.2) is 6.10 Å². The fraction of sp³-hybridized carbons (Fsp3) is 0.467. The standard InChI is InChI=1S/C15H19NO4/c1-9(2)13-15(19)16(8-7-12(17)18)11-6-4-5-10(3)14(11)20-13/h4-6,9,13H,7-8H2,1-3H3,(H,17,18). The number of carbonyl (C=O) groups is 2. The van der Waals surface area contributed by atoms with E-state index in [2.05, 4.69) is 0 Å². The highest BCUT2D eigenvalue weighted by molar-refractivity contribution is 6.00. The number of carboxylic acids is 1. The second-order valence-corrected chi connectivity index (χ2v) is 5.34. The lowest BCUT2D eigenvalue weighted by Gasteiger charge is -2.36. The van der Waals surface area contributed by atoms with E-state index < -0.39 is 12.1 Å². The summed E-state index contributed by atoms with van der Waals surface area (Å²) in [6, 6.07) is 5.55. The zero-order chi connectivity index (χ0) is 14.9. The Kier molecular flexibility index (Phi) is 3.97. The lowest BCUT2D eigenvalue weighted by atomic mass is 10.0. The number of fused-ring (bicyclic) bond motifs is 1. The van der Waals surface area contributed by atoms with Gasteiger partial charge in [0.25, 0.3) is 5.91 Å². The van der Waals surface area contributed by atoms with Gasteiger partial charge in [-0.05, 0) is 24.5 Å². The molecular weight excluding hydrogens is 258 g/mol. The van der Waals surface area contributed by atoms with Crippen molar-refractivity contribution in [2.75, 3.05) is 11.4 Å². The number of benzene rings is 1. The highest BCUT2D eigenvalue weighted by atomic mass is 16.5. The quantitative estimate of drug-likeness (QED) is 0.916. The highest BCUT2D eigenvalue weighted by Crippen LogP contribution is 2.38. The molecule has 5 heteroatoms. The normalized spacial score (nSPS) is 17.9. The predicted molar refractivity (Wildman–Crippen MR) is 75.0 cm³/mol. The third-order valence-electron chi connectivity index (χ3n) is 3.39. The van der Waals surface area contributed by atoms with E-state index in [4.69, 9.17) is 9.84 Å². The molecule has 1 amide bonds. The molecule has 0 saturated carbocycles. The van der Waals surface area contributed by atoms with Gasteiger partial charge >= 0.3 is 5.97 Å². The monoisotopic (exact) mass is 277 g/mol. The fourth-order valence-electron chi connectivity index (χ4n) is 2.31. The van der Waals surface area contributed by atoms with Crippen LogP contribution in [0.5, 0.6) is 5.75 Å². The van der Waals surface area contributed by atoms with Crippen LogP contribution in [0.1, 0.15) is 25.8 Å². The summed E-state index contributed by atoms with van der Waals surface area (Å²) >= 11 is 0. The van der Waals surface area contributed by atoms with Gasteiger partial charge in [0.2, 0.25) is 0 Å². The summed E-state index contributed by atoms with van der Waals surface area (Å²) in [4.78, 5) is 24.8. The maximum Gasteiger partial charge on any atom is 0.305 e. The van der Waals surface area contributed by atoms with Crippen LogP contribution in [-0.4, -0.2) is 29.6 Å². The molecule has 20 heavy (non-hydrogen) atoms. The van der Waals surface area contributed by atoms with Gasteiger partial charge in [-0.1, -0.05) is 26.0 Å². The Morgan fingerprint density at radius 1 is 1.45 bits per heavy atom.